The summed E-state index contributed by atoms with van der Waals surface area (Å²) in [6.45, 7) is 4.23. The van der Waals surface area contributed by atoms with Crippen LogP contribution in [0.4, 0.5) is 0 Å². The first kappa shape index (κ1) is 13.2. The van der Waals surface area contributed by atoms with Gasteiger partial charge in [0, 0.05) is 28.8 Å². The average Bonchev–Trinajstić information content (AvgIpc) is 2.41. The molecule has 0 aliphatic carbocycles. The molecule has 1 heterocycles. The van der Waals surface area contributed by atoms with Crippen LogP contribution in [0.15, 0.2) is 47.2 Å². The minimum atomic E-state index is -0.0262. The third kappa shape index (κ3) is 2.79. The van der Waals surface area contributed by atoms with Crippen molar-refractivity contribution in [2.45, 2.75) is 25.8 Å². The number of halogens is 1. The number of nitrogens with two attached hydrogens (primary N) is 1. The van der Waals surface area contributed by atoms with E-state index in [1.54, 1.807) is 0 Å². The molecule has 2 unspecified atom stereocenters. The molecule has 0 fully saturated rings. The molecule has 0 amide bonds. The third-order valence-corrected chi connectivity index (χ3v) is 4.00. The third-order valence-electron chi connectivity index (χ3n) is 3.28. The molecule has 0 saturated heterocycles. The minimum Gasteiger partial charge on any atom is -0.323 e. The zero-order chi connectivity index (χ0) is 13.1. The lowest BCUT2D eigenvalue weighted by atomic mass is 9.89. The highest BCUT2D eigenvalue weighted by Crippen LogP contribution is 2.32. The van der Waals surface area contributed by atoms with E-state index < -0.39 is 0 Å². The van der Waals surface area contributed by atoms with Crippen molar-refractivity contribution in [3.63, 3.8) is 0 Å². The molecular weight excluding hydrogens is 288 g/mol. The Kier molecular flexibility index (Phi) is 4.15. The Balaban J connectivity index is 2.31. The first-order valence-electron chi connectivity index (χ1n) is 6.01. The van der Waals surface area contributed by atoms with Gasteiger partial charge >= 0.3 is 0 Å². The second-order valence-electron chi connectivity index (χ2n) is 4.62. The molecule has 0 aliphatic heterocycles. The zero-order valence-electron chi connectivity index (χ0n) is 10.6. The van der Waals surface area contributed by atoms with Crippen LogP contribution >= 0.6 is 15.9 Å². The monoisotopic (exact) mass is 304 g/mol. The van der Waals surface area contributed by atoms with Crippen LogP contribution in [0.2, 0.25) is 0 Å². The van der Waals surface area contributed by atoms with Crippen LogP contribution in [0, 0.1) is 6.92 Å². The summed E-state index contributed by atoms with van der Waals surface area (Å²) in [5.41, 5.74) is 9.98. The zero-order valence-corrected chi connectivity index (χ0v) is 12.2. The van der Waals surface area contributed by atoms with Gasteiger partial charge in [0.05, 0.1) is 0 Å². The van der Waals surface area contributed by atoms with Gasteiger partial charge in [-0.05, 0) is 36.2 Å². The van der Waals surface area contributed by atoms with Crippen LogP contribution in [0.25, 0.3) is 0 Å². The van der Waals surface area contributed by atoms with Gasteiger partial charge in [0.1, 0.15) is 0 Å². The molecule has 18 heavy (non-hydrogen) atoms. The molecule has 2 rings (SSSR count). The van der Waals surface area contributed by atoms with Crippen LogP contribution in [-0.4, -0.2) is 4.98 Å². The first-order chi connectivity index (χ1) is 8.59. The number of hydrogen-bond donors (Lipinski definition) is 1. The van der Waals surface area contributed by atoms with E-state index in [1.807, 2.05) is 24.5 Å². The van der Waals surface area contributed by atoms with E-state index in [1.165, 1.54) is 11.1 Å². The molecule has 0 aliphatic rings. The molecule has 0 saturated carbocycles. The lowest BCUT2D eigenvalue weighted by Crippen LogP contribution is -2.18. The standard InChI is InChI=1S/C15H17BrN2/c1-10-3-4-14(16)13(9-10)15(17)11(2)12-5-7-18-8-6-12/h3-9,11,15H,17H2,1-2H3. The van der Waals surface area contributed by atoms with Crippen molar-refractivity contribution in [1.82, 2.24) is 4.98 Å². The molecule has 2 N–H and O–H groups in total. The summed E-state index contributed by atoms with van der Waals surface area (Å²) in [4.78, 5) is 4.04. The van der Waals surface area contributed by atoms with Crippen LogP contribution in [0.3, 0.4) is 0 Å². The van der Waals surface area contributed by atoms with E-state index in [0.717, 1.165) is 10.0 Å². The van der Waals surface area contributed by atoms with Gasteiger partial charge in [-0.3, -0.25) is 4.98 Å². The fourth-order valence-electron chi connectivity index (χ4n) is 2.06. The van der Waals surface area contributed by atoms with E-state index in [4.69, 9.17) is 5.73 Å². The highest BCUT2D eigenvalue weighted by molar-refractivity contribution is 9.10. The van der Waals surface area contributed by atoms with Crippen LogP contribution in [0.1, 0.15) is 35.6 Å². The maximum absolute atomic E-state index is 6.39. The number of aromatic nitrogens is 1. The normalized spacial score (nSPS) is 14.2. The van der Waals surface area contributed by atoms with Gasteiger partial charge in [0.25, 0.3) is 0 Å². The maximum atomic E-state index is 6.39. The van der Waals surface area contributed by atoms with E-state index in [9.17, 15) is 0 Å². The fourth-order valence-corrected chi connectivity index (χ4v) is 2.57. The molecule has 2 nitrogen and oxygen atoms in total. The smallest absolute Gasteiger partial charge is 0.0373 e. The molecule has 1 aromatic heterocycles. The number of aryl methyl sites for hydroxylation is 1. The summed E-state index contributed by atoms with van der Waals surface area (Å²) >= 11 is 3.58. The van der Waals surface area contributed by atoms with Gasteiger partial charge in [-0.2, -0.15) is 0 Å². The van der Waals surface area contributed by atoms with Gasteiger partial charge in [-0.1, -0.05) is 40.5 Å². The van der Waals surface area contributed by atoms with Crippen molar-refractivity contribution < 1.29 is 0 Å². The summed E-state index contributed by atoms with van der Waals surface area (Å²) < 4.78 is 1.07. The predicted octanol–water partition coefficient (Wildman–Crippen LogP) is 3.96. The average molecular weight is 305 g/mol. The lowest BCUT2D eigenvalue weighted by molar-refractivity contribution is 0.595. The second kappa shape index (κ2) is 5.63. The Morgan fingerprint density at radius 1 is 1.17 bits per heavy atom. The van der Waals surface area contributed by atoms with Crippen molar-refractivity contribution in [3.05, 3.63) is 63.9 Å². The van der Waals surface area contributed by atoms with Crippen molar-refractivity contribution in [2.24, 2.45) is 5.73 Å². The van der Waals surface area contributed by atoms with Crippen LogP contribution in [-0.2, 0) is 0 Å². The summed E-state index contributed by atoms with van der Waals surface area (Å²) in [5.74, 6) is 0.256. The number of hydrogen-bond acceptors (Lipinski definition) is 2. The van der Waals surface area contributed by atoms with Gasteiger partial charge < -0.3 is 5.73 Å². The van der Waals surface area contributed by atoms with Crippen molar-refractivity contribution >= 4 is 15.9 Å². The van der Waals surface area contributed by atoms with Gasteiger partial charge in [0.15, 0.2) is 0 Å². The largest absolute Gasteiger partial charge is 0.323 e. The van der Waals surface area contributed by atoms with E-state index in [0.29, 0.717) is 0 Å². The molecule has 94 valence electrons. The highest BCUT2D eigenvalue weighted by Gasteiger charge is 2.18. The van der Waals surface area contributed by atoms with E-state index in [-0.39, 0.29) is 12.0 Å². The maximum Gasteiger partial charge on any atom is 0.0373 e. The SMILES string of the molecule is Cc1ccc(Br)c(C(N)C(C)c2ccncc2)c1. The molecule has 2 aromatic rings. The van der Waals surface area contributed by atoms with E-state index in [2.05, 4.69) is 53.0 Å². The number of benzene rings is 1. The second-order valence-corrected chi connectivity index (χ2v) is 5.47. The van der Waals surface area contributed by atoms with Crippen molar-refractivity contribution in [1.29, 1.82) is 0 Å². The Morgan fingerprint density at radius 3 is 2.50 bits per heavy atom. The summed E-state index contributed by atoms with van der Waals surface area (Å²) in [6, 6.07) is 10.3. The van der Waals surface area contributed by atoms with Gasteiger partial charge in [0.2, 0.25) is 0 Å². The van der Waals surface area contributed by atoms with Crippen molar-refractivity contribution in [3.8, 4) is 0 Å². The van der Waals surface area contributed by atoms with Crippen LogP contribution < -0.4 is 5.73 Å². The Labute approximate surface area is 116 Å². The lowest BCUT2D eigenvalue weighted by Gasteiger charge is -2.22. The molecule has 2 atom stereocenters. The Morgan fingerprint density at radius 2 is 1.83 bits per heavy atom. The number of pyridine rings is 1. The Hall–Kier alpha value is -1.19. The first-order valence-corrected chi connectivity index (χ1v) is 6.80. The summed E-state index contributed by atoms with van der Waals surface area (Å²) in [5, 5.41) is 0. The summed E-state index contributed by atoms with van der Waals surface area (Å²) in [7, 11) is 0. The van der Waals surface area contributed by atoms with Crippen LogP contribution in [0.5, 0.6) is 0 Å². The molecule has 0 spiro atoms. The fraction of sp³-hybridized carbons (Fsp3) is 0.267. The van der Waals surface area contributed by atoms with Crippen molar-refractivity contribution in [2.75, 3.05) is 0 Å². The van der Waals surface area contributed by atoms with Gasteiger partial charge in [-0.25, -0.2) is 0 Å². The summed E-state index contributed by atoms with van der Waals surface area (Å²) in [6.07, 6.45) is 3.62. The number of nitrogens with zero attached hydrogens (tertiary/aromatic N) is 1. The molecule has 3 heteroatoms. The molecule has 0 radical (unpaired) electrons. The topological polar surface area (TPSA) is 38.9 Å². The molecular formula is C15H17BrN2. The Bertz CT molecular complexity index is 525. The quantitative estimate of drug-likeness (QED) is 0.932. The highest BCUT2D eigenvalue weighted by atomic mass is 79.9. The number of rotatable bonds is 3. The predicted molar refractivity (Wildman–Crippen MR) is 78.5 cm³/mol. The van der Waals surface area contributed by atoms with E-state index >= 15 is 0 Å². The molecule has 0 bridgehead atoms. The van der Waals surface area contributed by atoms with Gasteiger partial charge in [-0.15, -0.1) is 0 Å². The molecule has 1 aromatic carbocycles. The minimum absolute atomic E-state index is 0.0262.